The van der Waals surface area contributed by atoms with Crippen molar-refractivity contribution in [1.82, 2.24) is 4.90 Å². The fraction of sp³-hybridized carbons (Fsp3) is 0.562. The predicted molar refractivity (Wildman–Crippen MR) is 83.9 cm³/mol. The Labute approximate surface area is 124 Å². The maximum absolute atomic E-state index is 10.5. The third kappa shape index (κ3) is 4.18. The minimum atomic E-state index is -0.896. The van der Waals surface area contributed by atoms with E-state index in [1.165, 1.54) is 43.3 Å². The average molecular weight is 293 g/mol. The van der Waals surface area contributed by atoms with Crippen LogP contribution in [0.15, 0.2) is 17.5 Å². The van der Waals surface area contributed by atoms with E-state index < -0.39 is 5.97 Å². The number of piperidine rings is 1. The SMILES string of the molecule is CCC1(C)CCN(Cc2cc(C=CC(=O)O)cs2)CC1. The summed E-state index contributed by atoms with van der Waals surface area (Å²) in [6, 6.07) is 2.09. The van der Waals surface area contributed by atoms with Crippen LogP contribution < -0.4 is 0 Å². The predicted octanol–water partition coefficient (Wildman–Crippen LogP) is 3.86. The van der Waals surface area contributed by atoms with Gasteiger partial charge in [0.1, 0.15) is 0 Å². The molecule has 0 aliphatic carbocycles. The van der Waals surface area contributed by atoms with Gasteiger partial charge in [-0.05, 0) is 54.4 Å². The second kappa shape index (κ2) is 6.55. The molecule has 0 radical (unpaired) electrons. The van der Waals surface area contributed by atoms with Crippen molar-refractivity contribution in [3.05, 3.63) is 28.0 Å². The molecule has 1 fully saturated rings. The average Bonchev–Trinajstić information content (AvgIpc) is 2.87. The van der Waals surface area contributed by atoms with Crippen LogP contribution in [-0.4, -0.2) is 29.1 Å². The first-order valence-electron chi connectivity index (χ1n) is 7.21. The first-order valence-corrected chi connectivity index (χ1v) is 8.09. The quantitative estimate of drug-likeness (QED) is 0.838. The van der Waals surface area contributed by atoms with Gasteiger partial charge in [0.25, 0.3) is 0 Å². The molecule has 0 atom stereocenters. The van der Waals surface area contributed by atoms with E-state index in [0.717, 1.165) is 12.1 Å². The van der Waals surface area contributed by atoms with Crippen molar-refractivity contribution in [3.8, 4) is 0 Å². The van der Waals surface area contributed by atoms with E-state index in [1.807, 2.05) is 5.38 Å². The second-order valence-corrected chi connectivity index (χ2v) is 6.95. The van der Waals surface area contributed by atoms with Gasteiger partial charge in [-0.2, -0.15) is 0 Å². The van der Waals surface area contributed by atoms with Crippen molar-refractivity contribution in [2.75, 3.05) is 13.1 Å². The number of thiophene rings is 1. The van der Waals surface area contributed by atoms with Gasteiger partial charge >= 0.3 is 5.97 Å². The Morgan fingerprint density at radius 3 is 2.80 bits per heavy atom. The third-order valence-corrected chi connectivity index (χ3v) is 5.33. The molecule has 1 aromatic heterocycles. The molecular weight excluding hydrogens is 270 g/mol. The summed E-state index contributed by atoms with van der Waals surface area (Å²) in [5.41, 5.74) is 1.52. The normalized spacial score (nSPS) is 19.5. The number of hydrogen-bond donors (Lipinski definition) is 1. The molecule has 0 spiro atoms. The van der Waals surface area contributed by atoms with Crippen LogP contribution in [0.25, 0.3) is 6.08 Å². The summed E-state index contributed by atoms with van der Waals surface area (Å²) in [5, 5.41) is 10.6. The molecular formula is C16H23NO2S. The standard InChI is InChI=1S/C16H23NO2S/c1-3-16(2)6-8-17(9-7-16)11-14-10-13(12-20-14)4-5-15(18)19/h4-5,10,12H,3,6-9,11H2,1-2H3,(H,18,19). The molecule has 4 heteroatoms. The Morgan fingerprint density at radius 1 is 1.50 bits per heavy atom. The van der Waals surface area contributed by atoms with Gasteiger partial charge in [0.15, 0.2) is 0 Å². The minimum absolute atomic E-state index is 0.529. The maximum Gasteiger partial charge on any atom is 0.328 e. The fourth-order valence-electron chi connectivity index (χ4n) is 2.56. The third-order valence-electron chi connectivity index (χ3n) is 4.39. The molecule has 0 amide bonds. The van der Waals surface area contributed by atoms with E-state index in [-0.39, 0.29) is 0 Å². The maximum atomic E-state index is 10.5. The number of hydrogen-bond acceptors (Lipinski definition) is 3. The highest BCUT2D eigenvalue weighted by Crippen LogP contribution is 2.34. The molecule has 1 aromatic rings. The van der Waals surface area contributed by atoms with Crippen molar-refractivity contribution < 1.29 is 9.90 Å². The number of nitrogens with zero attached hydrogens (tertiary/aromatic N) is 1. The summed E-state index contributed by atoms with van der Waals surface area (Å²) in [7, 11) is 0. The molecule has 2 heterocycles. The smallest absolute Gasteiger partial charge is 0.328 e. The van der Waals surface area contributed by atoms with E-state index in [0.29, 0.717) is 5.41 Å². The number of rotatable bonds is 5. The summed E-state index contributed by atoms with van der Waals surface area (Å²) in [6.07, 6.45) is 6.68. The molecule has 20 heavy (non-hydrogen) atoms. The molecule has 110 valence electrons. The van der Waals surface area contributed by atoms with Gasteiger partial charge in [-0.3, -0.25) is 4.90 Å². The minimum Gasteiger partial charge on any atom is -0.478 e. The van der Waals surface area contributed by atoms with Crippen LogP contribution in [0.4, 0.5) is 0 Å². The van der Waals surface area contributed by atoms with Crippen LogP contribution in [0.2, 0.25) is 0 Å². The zero-order valence-corrected chi connectivity index (χ0v) is 13.1. The van der Waals surface area contributed by atoms with Gasteiger partial charge in [-0.25, -0.2) is 4.79 Å². The molecule has 1 saturated heterocycles. The van der Waals surface area contributed by atoms with E-state index >= 15 is 0 Å². The lowest BCUT2D eigenvalue weighted by molar-refractivity contribution is -0.131. The first kappa shape index (κ1) is 15.3. The molecule has 1 aliphatic rings. The van der Waals surface area contributed by atoms with E-state index in [2.05, 4.69) is 24.8 Å². The van der Waals surface area contributed by atoms with Gasteiger partial charge in [0.2, 0.25) is 0 Å². The van der Waals surface area contributed by atoms with Crippen LogP contribution in [0.1, 0.15) is 43.6 Å². The molecule has 2 rings (SSSR count). The highest BCUT2D eigenvalue weighted by atomic mass is 32.1. The summed E-state index contributed by atoms with van der Waals surface area (Å²) in [4.78, 5) is 14.3. The second-order valence-electron chi connectivity index (χ2n) is 5.96. The van der Waals surface area contributed by atoms with Gasteiger partial charge < -0.3 is 5.11 Å². The van der Waals surface area contributed by atoms with Crippen molar-refractivity contribution in [1.29, 1.82) is 0 Å². The molecule has 0 bridgehead atoms. The Hall–Kier alpha value is -1.13. The summed E-state index contributed by atoms with van der Waals surface area (Å²) in [5.74, 6) is -0.896. The monoisotopic (exact) mass is 293 g/mol. The van der Waals surface area contributed by atoms with Crippen molar-refractivity contribution in [2.24, 2.45) is 5.41 Å². The molecule has 3 nitrogen and oxygen atoms in total. The number of carboxylic acids is 1. The summed E-state index contributed by atoms with van der Waals surface area (Å²) >= 11 is 1.71. The van der Waals surface area contributed by atoms with Crippen LogP contribution >= 0.6 is 11.3 Å². The summed E-state index contributed by atoms with van der Waals surface area (Å²) < 4.78 is 0. The Kier molecular flexibility index (Phi) is 5.00. The van der Waals surface area contributed by atoms with Gasteiger partial charge in [-0.15, -0.1) is 11.3 Å². The van der Waals surface area contributed by atoms with Crippen LogP contribution in [0.5, 0.6) is 0 Å². The van der Waals surface area contributed by atoms with Gasteiger partial charge in [0.05, 0.1) is 0 Å². The van der Waals surface area contributed by atoms with Crippen LogP contribution in [0, 0.1) is 5.41 Å². The lowest BCUT2D eigenvalue weighted by atomic mass is 9.78. The fourth-order valence-corrected chi connectivity index (χ4v) is 3.46. The molecule has 1 aliphatic heterocycles. The first-order chi connectivity index (χ1) is 9.50. The topological polar surface area (TPSA) is 40.5 Å². The number of carbonyl (C=O) groups is 1. The Bertz CT molecular complexity index is 484. The zero-order chi connectivity index (χ0) is 14.6. The lowest BCUT2D eigenvalue weighted by Gasteiger charge is -2.38. The van der Waals surface area contributed by atoms with Crippen molar-refractivity contribution >= 4 is 23.4 Å². The van der Waals surface area contributed by atoms with E-state index in [4.69, 9.17) is 5.11 Å². The molecule has 0 unspecified atom stereocenters. The Balaban J connectivity index is 1.87. The van der Waals surface area contributed by atoms with Crippen LogP contribution in [-0.2, 0) is 11.3 Å². The van der Waals surface area contributed by atoms with E-state index in [9.17, 15) is 4.79 Å². The molecule has 0 saturated carbocycles. The lowest BCUT2D eigenvalue weighted by Crippen LogP contribution is -2.37. The number of carboxylic acid groups (broad SMARTS) is 1. The highest BCUT2D eigenvalue weighted by Gasteiger charge is 2.28. The number of aliphatic carboxylic acids is 1. The molecule has 0 aromatic carbocycles. The molecule has 1 N–H and O–H groups in total. The number of likely N-dealkylation sites (tertiary alicyclic amines) is 1. The van der Waals surface area contributed by atoms with Crippen molar-refractivity contribution in [2.45, 2.75) is 39.7 Å². The Morgan fingerprint density at radius 2 is 2.20 bits per heavy atom. The largest absolute Gasteiger partial charge is 0.478 e. The van der Waals surface area contributed by atoms with E-state index in [1.54, 1.807) is 17.4 Å². The van der Waals surface area contributed by atoms with Gasteiger partial charge in [0, 0.05) is 17.5 Å². The van der Waals surface area contributed by atoms with Crippen LogP contribution in [0.3, 0.4) is 0 Å². The van der Waals surface area contributed by atoms with Gasteiger partial charge in [-0.1, -0.05) is 20.3 Å². The highest BCUT2D eigenvalue weighted by molar-refractivity contribution is 7.10. The zero-order valence-electron chi connectivity index (χ0n) is 12.3. The summed E-state index contributed by atoms with van der Waals surface area (Å²) in [6.45, 7) is 8.01. The van der Waals surface area contributed by atoms with Crippen molar-refractivity contribution in [3.63, 3.8) is 0 Å².